The van der Waals surface area contributed by atoms with Gasteiger partial charge in [0, 0.05) is 29.4 Å². The summed E-state index contributed by atoms with van der Waals surface area (Å²) in [5, 5.41) is 5.06. The number of hydrogen-bond donors (Lipinski definition) is 1. The molecule has 1 saturated heterocycles. The first-order chi connectivity index (χ1) is 14.6. The first kappa shape index (κ1) is 20.8. The fourth-order valence-electron chi connectivity index (χ4n) is 4.52. The lowest BCUT2D eigenvalue weighted by Gasteiger charge is -2.42. The molecule has 156 valence electrons. The second-order valence-electron chi connectivity index (χ2n) is 8.40. The summed E-state index contributed by atoms with van der Waals surface area (Å²) < 4.78 is 0. The van der Waals surface area contributed by atoms with Gasteiger partial charge >= 0.3 is 0 Å². The van der Waals surface area contributed by atoms with Crippen LogP contribution >= 0.6 is 11.3 Å². The molecule has 30 heavy (non-hydrogen) atoms. The zero-order valence-corrected chi connectivity index (χ0v) is 18.5. The third-order valence-corrected chi connectivity index (χ3v) is 7.39. The van der Waals surface area contributed by atoms with Crippen molar-refractivity contribution < 1.29 is 4.79 Å². The summed E-state index contributed by atoms with van der Waals surface area (Å²) in [5.74, 6) is -0.0285. The van der Waals surface area contributed by atoms with Crippen LogP contribution in [0.1, 0.15) is 42.2 Å². The fourth-order valence-corrected chi connectivity index (χ4v) is 5.54. The normalized spacial score (nSPS) is 16.3. The molecule has 4 rings (SSSR count). The molecule has 1 aliphatic heterocycles. The molecular weight excluding hydrogens is 388 g/mol. The fraction of sp³-hybridized carbons (Fsp3) is 0.346. The largest absolute Gasteiger partial charge is 0.326 e. The van der Waals surface area contributed by atoms with Gasteiger partial charge in [-0.05, 0) is 73.5 Å². The monoisotopic (exact) mass is 418 g/mol. The van der Waals surface area contributed by atoms with E-state index >= 15 is 0 Å². The molecule has 0 unspecified atom stereocenters. The van der Waals surface area contributed by atoms with Crippen LogP contribution in [0.5, 0.6) is 0 Å². The molecule has 2 heterocycles. The molecule has 1 aromatic heterocycles. The summed E-state index contributed by atoms with van der Waals surface area (Å²) in [5.41, 5.74) is 3.91. The van der Waals surface area contributed by atoms with Gasteiger partial charge in [0.05, 0.1) is 0 Å². The zero-order valence-electron chi connectivity index (χ0n) is 17.6. The third-order valence-electron chi connectivity index (χ3n) is 6.27. The van der Waals surface area contributed by atoms with Crippen molar-refractivity contribution in [3.63, 3.8) is 0 Å². The molecule has 0 bridgehead atoms. The van der Waals surface area contributed by atoms with E-state index in [1.807, 2.05) is 23.5 Å². The Bertz CT molecular complexity index is 927. The Morgan fingerprint density at radius 1 is 0.967 bits per heavy atom. The molecule has 1 N–H and O–H groups in total. The van der Waals surface area contributed by atoms with Crippen LogP contribution < -0.4 is 5.32 Å². The van der Waals surface area contributed by atoms with Gasteiger partial charge in [0.15, 0.2) is 0 Å². The van der Waals surface area contributed by atoms with E-state index in [0.717, 1.165) is 31.7 Å². The molecule has 0 spiro atoms. The molecule has 2 aromatic carbocycles. The molecule has 3 aromatic rings. The Balaban J connectivity index is 1.38. The molecule has 4 heteroatoms. The Morgan fingerprint density at radius 2 is 1.70 bits per heavy atom. The van der Waals surface area contributed by atoms with Crippen molar-refractivity contribution >= 4 is 22.9 Å². The lowest BCUT2D eigenvalue weighted by molar-refractivity contribution is -0.114. The molecule has 3 nitrogen and oxygen atoms in total. The number of rotatable bonds is 7. The highest BCUT2D eigenvalue weighted by molar-refractivity contribution is 7.10. The number of hydrogen-bond acceptors (Lipinski definition) is 3. The van der Waals surface area contributed by atoms with Crippen LogP contribution in [0.2, 0.25) is 0 Å². The van der Waals surface area contributed by atoms with Crippen molar-refractivity contribution in [3.8, 4) is 0 Å². The maximum absolute atomic E-state index is 11.2. The van der Waals surface area contributed by atoms with E-state index in [2.05, 4.69) is 70.2 Å². The van der Waals surface area contributed by atoms with E-state index in [-0.39, 0.29) is 5.91 Å². The van der Waals surface area contributed by atoms with E-state index in [1.165, 1.54) is 30.4 Å². The summed E-state index contributed by atoms with van der Waals surface area (Å²) >= 11 is 1.92. The topological polar surface area (TPSA) is 32.3 Å². The van der Waals surface area contributed by atoms with Crippen molar-refractivity contribution in [2.75, 3.05) is 18.4 Å². The minimum atomic E-state index is -0.0285. The van der Waals surface area contributed by atoms with E-state index in [9.17, 15) is 4.79 Å². The van der Waals surface area contributed by atoms with Crippen molar-refractivity contribution in [3.05, 3.63) is 88.1 Å². The van der Waals surface area contributed by atoms with Crippen molar-refractivity contribution in [1.82, 2.24) is 4.90 Å². The second kappa shape index (κ2) is 9.59. The number of thiophene rings is 1. The Morgan fingerprint density at radius 3 is 2.33 bits per heavy atom. The lowest BCUT2D eigenvalue weighted by atomic mass is 9.73. The van der Waals surface area contributed by atoms with Gasteiger partial charge in [0.25, 0.3) is 0 Å². The number of benzene rings is 2. The minimum Gasteiger partial charge on any atom is -0.326 e. The number of aryl methyl sites for hydroxylation is 1. The van der Waals surface area contributed by atoms with E-state index in [4.69, 9.17) is 0 Å². The predicted octanol–water partition coefficient (Wildman–Crippen LogP) is 5.87. The summed E-state index contributed by atoms with van der Waals surface area (Å²) in [6.45, 7) is 4.76. The van der Waals surface area contributed by atoms with Crippen LogP contribution in [0.4, 0.5) is 5.69 Å². The first-order valence-electron chi connectivity index (χ1n) is 10.8. The van der Waals surface area contributed by atoms with Crippen molar-refractivity contribution in [1.29, 1.82) is 0 Å². The number of likely N-dealkylation sites (tertiary alicyclic amines) is 1. The Hall–Kier alpha value is -2.43. The molecule has 1 aliphatic rings. The van der Waals surface area contributed by atoms with Gasteiger partial charge < -0.3 is 5.32 Å². The third kappa shape index (κ3) is 5.18. The molecule has 0 atom stereocenters. The summed E-state index contributed by atoms with van der Waals surface area (Å²) in [6.07, 6.45) is 4.79. The highest BCUT2D eigenvalue weighted by Gasteiger charge is 2.36. The highest BCUT2D eigenvalue weighted by Crippen LogP contribution is 2.42. The second-order valence-corrected chi connectivity index (χ2v) is 9.35. The summed E-state index contributed by atoms with van der Waals surface area (Å²) in [4.78, 5) is 15.3. The SMILES string of the molecule is CC(=O)Nc1ccc(CN2CCC(CCc3ccccc3)(c3cccs3)CC2)cc1. The van der Waals surface area contributed by atoms with Gasteiger partial charge in [-0.2, -0.15) is 0 Å². The van der Waals surface area contributed by atoms with Crippen LogP contribution in [0, 0.1) is 0 Å². The molecule has 0 radical (unpaired) electrons. The number of carbonyl (C=O) groups is 1. The number of amides is 1. The van der Waals surface area contributed by atoms with Crippen LogP contribution in [-0.2, 0) is 23.2 Å². The predicted molar refractivity (Wildman–Crippen MR) is 126 cm³/mol. The lowest BCUT2D eigenvalue weighted by Crippen LogP contribution is -2.42. The summed E-state index contributed by atoms with van der Waals surface area (Å²) in [7, 11) is 0. The average Bonchev–Trinajstić information content (AvgIpc) is 3.31. The standard InChI is InChI=1S/C26H30N2OS/c1-21(29)27-24-11-9-23(10-12-24)20-28-17-15-26(16-18-28,25-8-5-19-30-25)14-13-22-6-3-2-4-7-22/h2-12,19H,13-18,20H2,1H3,(H,27,29). The van der Waals surface area contributed by atoms with Gasteiger partial charge in [-0.1, -0.05) is 48.5 Å². The van der Waals surface area contributed by atoms with Crippen LogP contribution in [0.25, 0.3) is 0 Å². The van der Waals surface area contributed by atoms with Crippen LogP contribution in [-0.4, -0.2) is 23.9 Å². The van der Waals surface area contributed by atoms with Crippen molar-refractivity contribution in [2.45, 2.75) is 44.6 Å². The Labute approximate surface area is 183 Å². The van der Waals surface area contributed by atoms with Crippen LogP contribution in [0.15, 0.2) is 72.1 Å². The number of anilines is 1. The minimum absolute atomic E-state index is 0.0285. The van der Waals surface area contributed by atoms with E-state index in [0.29, 0.717) is 5.41 Å². The smallest absolute Gasteiger partial charge is 0.221 e. The molecule has 1 amide bonds. The quantitative estimate of drug-likeness (QED) is 0.520. The summed E-state index contributed by atoms with van der Waals surface area (Å²) in [6, 6.07) is 23.7. The molecular formula is C26H30N2OS. The number of nitrogens with zero attached hydrogens (tertiary/aromatic N) is 1. The number of nitrogens with one attached hydrogen (secondary N) is 1. The molecule has 0 aliphatic carbocycles. The maximum Gasteiger partial charge on any atom is 0.221 e. The first-order valence-corrected chi connectivity index (χ1v) is 11.7. The van der Waals surface area contributed by atoms with Gasteiger partial charge in [-0.25, -0.2) is 0 Å². The Kier molecular flexibility index (Phi) is 6.66. The van der Waals surface area contributed by atoms with Crippen LogP contribution in [0.3, 0.4) is 0 Å². The molecule has 1 fully saturated rings. The van der Waals surface area contributed by atoms with Gasteiger partial charge in [-0.3, -0.25) is 9.69 Å². The maximum atomic E-state index is 11.2. The highest BCUT2D eigenvalue weighted by atomic mass is 32.1. The average molecular weight is 419 g/mol. The number of piperidine rings is 1. The van der Waals surface area contributed by atoms with E-state index < -0.39 is 0 Å². The van der Waals surface area contributed by atoms with Crippen molar-refractivity contribution in [2.24, 2.45) is 0 Å². The van der Waals surface area contributed by atoms with E-state index in [1.54, 1.807) is 11.8 Å². The number of carbonyl (C=O) groups excluding carboxylic acids is 1. The van der Waals surface area contributed by atoms with Gasteiger partial charge in [-0.15, -0.1) is 11.3 Å². The molecule has 0 saturated carbocycles. The zero-order chi connectivity index (χ0) is 20.8. The van der Waals surface area contributed by atoms with Gasteiger partial charge in [0.2, 0.25) is 5.91 Å². The van der Waals surface area contributed by atoms with Gasteiger partial charge in [0.1, 0.15) is 0 Å².